The molecule has 0 aliphatic carbocycles. The van der Waals surface area contributed by atoms with E-state index in [0.29, 0.717) is 25.3 Å². The van der Waals surface area contributed by atoms with Gasteiger partial charge >= 0.3 is 0 Å². The summed E-state index contributed by atoms with van der Waals surface area (Å²) in [5, 5.41) is 0. The number of hydrogen-bond acceptors (Lipinski definition) is 5. The van der Waals surface area contributed by atoms with Gasteiger partial charge in [-0.2, -0.15) is 0 Å². The van der Waals surface area contributed by atoms with Crippen LogP contribution in [-0.4, -0.2) is 43.6 Å². The molecular weight excluding hydrogens is 370 g/mol. The Bertz CT molecular complexity index is 660. The fourth-order valence-electron chi connectivity index (χ4n) is 3.39. The number of carbonyl (C=O) groups is 1. The highest BCUT2D eigenvalue weighted by atomic mass is 28.3. The molecule has 1 aromatic rings. The minimum Gasteiger partial charge on any atom is -0.361 e. The van der Waals surface area contributed by atoms with E-state index in [4.69, 9.17) is 4.74 Å². The van der Waals surface area contributed by atoms with Gasteiger partial charge in [0.25, 0.3) is 5.56 Å². The largest absolute Gasteiger partial charge is 0.361 e. The third-order valence-electron chi connectivity index (χ3n) is 5.16. The molecule has 2 rings (SSSR count). The van der Waals surface area contributed by atoms with Crippen LogP contribution in [0.15, 0.2) is 11.0 Å². The summed E-state index contributed by atoms with van der Waals surface area (Å²) in [5.41, 5.74) is 0.706. The van der Waals surface area contributed by atoms with Gasteiger partial charge in [-0.25, -0.2) is 4.98 Å². The maximum absolute atomic E-state index is 13.1. The summed E-state index contributed by atoms with van der Waals surface area (Å²) in [5.74, 6) is 0.527. The molecule has 0 N–H and O–H groups in total. The first-order valence-corrected chi connectivity index (χ1v) is 14.5. The number of ether oxygens (including phenoxy) is 1. The van der Waals surface area contributed by atoms with Crippen LogP contribution in [0.4, 0.5) is 5.82 Å². The van der Waals surface area contributed by atoms with Crippen molar-refractivity contribution in [2.45, 2.75) is 83.8 Å². The molecule has 7 heteroatoms. The molecule has 1 aromatic heterocycles. The Morgan fingerprint density at radius 2 is 1.75 bits per heavy atom. The first-order valence-electron chi connectivity index (χ1n) is 10.8. The summed E-state index contributed by atoms with van der Waals surface area (Å²) in [4.78, 5) is 30.7. The summed E-state index contributed by atoms with van der Waals surface area (Å²) in [6.07, 6.45) is 10.8. The predicted octanol–water partition coefficient (Wildman–Crippen LogP) is 3.85. The molecule has 0 unspecified atom stereocenters. The van der Waals surface area contributed by atoms with Crippen molar-refractivity contribution in [3.05, 3.63) is 22.2 Å². The lowest BCUT2D eigenvalue weighted by atomic mass is 10.1. The minimum absolute atomic E-state index is 0.0814. The maximum atomic E-state index is 13.1. The molecule has 1 fully saturated rings. The second-order valence-electron chi connectivity index (χ2n) is 8.99. The van der Waals surface area contributed by atoms with Crippen molar-refractivity contribution in [3.8, 4) is 0 Å². The van der Waals surface area contributed by atoms with Crippen LogP contribution in [0.1, 0.15) is 50.6 Å². The van der Waals surface area contributed by atoms with Crippen LogP contribution in [0.25, 0.3) is 0 Å². The SMILES string of the molecule is C[Si](C)(C)CCOCn1cc(CCC=O)nc(N2CCCCCCCC2)c1=O. The maximum Gasteiger partial charge on any atom is 0.295 e. The second kappa shape index (κ2) is 11.5. The molecule has 0 spiro atoms. The monoisotopic (exact) mass is 407 g/mol. The topological polar surface area (TPSA) is 64.4 Å². The van der Waals surface area contributed by atoms with Crippen LogP contribution in [0.5, 0.6) is 0 Å². The Labute approximate surface area is 170 Å². The Kier molecular flexibility index (Phi) is 9.38. The third kappa shape index (κ3) is 7.87. The van der Waals surface area contributed by atoms with Gasteiger partial charge in [0.15, 0.2) is 5.82 Å². The number of aromatic nitrogens is 2. The Morgan fingerprint density at radius 3 is 2.36 bits per heavy atom. The molecule has 0 amide bonds. The van der Waals surface area contributed by atoms with Crippen LogP contribution >= 0.6 is 0 Å². The quantitative estimate of drug-likeness (QED) is 0.353. The van der Waals surface area contributed by atoms with Gasteiger partial charge in [-0.05, 0) is 25.3 Å². The molecule has 2 heterocycles. The molecule has 158 valence electrons. The van der Waals surface area contributed by atoms with Crippen molar-refractivity contribution in [1.82, 2.24) is 9.55 Å². The van der Waals surface area contributed by atoms with E-state index in [9.17, 15) is 9.59 Å². The van der Waals surface area contributed by atoms with Crippen molar-refractivity contribution in [3.63, 3.8) is 0 Å². The lowest BCUT2D eigenvalue weighted by Crippen LogP contribution is -2.36. The molecule has 0 aromatic carbocycles. The van der Waals surface area contributed by atoms with Crippen LogP contribution in [0.2, 0.25) is 25.7 Å². The number of carbonyl (C=O) groups excluding carboxylic acids is 1. The highest BCUT2D eigenvalue weighted by molar-refractivity contribution is 6.76. The smallest absolute Gasteiger partial charge is 0.295 e. The average Bonchev–Trinajstić information content (AvgIpc) is 2.78. The molecule has 1 aliphatic heterocycles. The molecule has 0 bridgehead atoms. The highest BCUT2D eigenvalue weighted by Gasteiger charge is 2.17. The van der Waals surface area contributed by atoms with Crippen molar-refractivity contribution in [2.75, 3.05) is 24.6 Å². The molecule has 0 saturated carbocycles. The number of hydrogen-bond donors (Lipinski definition) is 0. The molecule has 1 saturated heterocycles. The lowest BCUT2D eigenvalue weighted by Gasteiger charge is -2.24. The summed E-state index contributed by atoms with van der Waals surface area (Å²) in [6.45, 7) is 9.61. The van der Waals surface area contributed by atoms with E-state index < -0.39 is 8.07 Å². The zero-order valence-electron chi connectivity index (χ0n) is 17.9. The van der Waals surface area contributed by atoms with Gasteiger partial charge in [0.2, 0.25) is 0 Å². The van der Waals surface area contributed by atoms with Crippen molar-refractivity contribution in [1.29, 1.82) is 0 Å². The average molecular weight is 408 g/mol. The molecule has 0 radical (unpaired) electrons. The second-order valence-corrected chi connectivity index (χ2v) is 14.6. The number of anilines is 1. The van der Waals surface area contributed by atoms with E-state index >= 15 is 0 Å². The number of aldehydes is 1. The Hall–Kier alpha value is -1.47. The first-order chi connectivity index (χ1) is 13.4. The van der Waals surface area contributed by atoms with Gasteiger partial charge < -0.3 is 14.4 Å². The molecular formula is C21H37N3O3Si. The van der Waals surface area contributed by atoms with E-state index in [1.165, 1.54) is 25.7 Å². The summed E-state index contributed by atoms with van der Waals surface area (Å²) in [7, 11) is -1.16. The van der Waals surface area contributed by atoms with Gasteiger partial charge in [-0.1, -0.05) is 45.3 Å². The van der Waals surface area contributed by atoms with Gasteiger partial charge in [-0.3, -0.25) is 9.36 Å². The molecule has 0 atom stereocenters. The highest BCUT2D eigenvalue weighted by Crippen LogP contribution is 2.16. The predicted molar refractivity (Wildman–Crippen MR) is 117 cm³/mol. The third-order valence-corrected chi connectivity index (χ3v) is 6.86. The number of aryl methyl sites for hydroxylation is 1. The zero-order chi connectivity index (χ0) is 20.4. The Morgan fingerprint density at radius 1 is 1.11 bits per heavy atom. The minimum atomic E-state index is -1.16. The van der Waals surface area contributed by atoms with Crippen molar-refractivity contribution < 1.29 is 9.53 Å². The fourth-order valence-corrected chi connectivity index (χ4v) is 4.14. The van der Waals surface area contributed by atoms with Crippen LogP contribution in [0.3, 0.4) is 0 Å². The van der Waals surface area contributed by atoms with Crippen LogP contribution < -0.4 is 10.5 Å². The summed E-state index contributed by atoms with van der Waals surface area (Å²) < 4.78 is 7.46. The van der Waals surface area contributed by atoms with Crippen molar-refractivity contribution >= 4 is 20.2 Å². The first kappa shape index (κ1) is 22.8. The molecule has 6 nitrogen and oxygen atoms in total. The van der Waals surface area contributed by atoms with E-state index in [-0.39, 0.29) is 12.3 Å². The lowest BCUT2D eigenvalue weighted by molar-refractivity contribution is -0.107. The summed E-state index contributed by atoms with van der Waals surface area (Å²) in [6, 6.07) is 1.07. The van der Waals surface area contributed by atoms with Gasteiger partial charge in [0, 0.05) is 40.4 Å². The van der Waals surface area contributed by atoms with E-state index in [0.717, 1.165) is 44.0 Å². The molecule has 1 aliphatic rings. The standard InChI is InChI=1S/C21H37N3O3Si/c1-28(2,3)16-15-27-18-24-17-19(11-10-14-25)22-20(21(24)26)23-12-8-6-4-5-7-9-13-23/h14,17H,4-13,15-16,18H2,1-3H3. The van der Waals surface area contributed by atoms with E-state index in [1.807, 2.05) is 0 Å². The zero-order valence-corrected chi connectivity index (χ0v) is 18.9. The van der Waals surface area contributed by atoms with Crippen LogP contribution in [-0.2, 0) is 22.7 Å². The van der Waals surface area contributed by atoms with Gasteiger partial charge in [0.1, 0.15) is 13.0 Å². The fraction of sp³-hybridized carbons (Fsp3) is 0.762. The van der Waals surface area contributed by atoms with E-state index in [2.05, 4.69) is 29.5 Å². The normalized spacial score (nSPS) is 16.3. The Balaban J connectivity index is 2.19. The molecule has 28 heavy (non-hydrogen) atoms. The van der Waals surface area contributed by atoms with Crippen molar-refractivity contribution in [2.24, 2.45) is 0 Å². The van der Waals surface area contributed by atoms with Crippen LogP contribution in [0, 0.1) is 0 Å². The summed E-state index contributed by atoms with van der Waals surface area (Å²) >= 11 is 0. The number of nitrogens with zero attached hydrogens (tertiary/aromatic N) is 3. The van der Waals surface area contributed by atoms with E-state index in [1.54, 1.807) is 10.8 Å². The van der Waals surface area contributed by atoms with Gasteiger partial charge in [0.05, 0.1) is 5.69 Å². The number of rotatable bonds is 9. The van der Waals surface area contributed by atoms with Gasteiger partial charge in [-0.15, -0.1) is 0 Å².